The highest BCUT2D eigenvalue weighted by Gasteiger charge is 2.14. The molecular formula is C16H19N3O3S. The van der Waals surface area contributed by atoms with Crippen LogP contribution in [0.2, 0.25) is 0 Å². The monoisotopic (exact) mass is 333 g/mol. The molecule has 122 valence electrons. The zero-order valence-electron chi connectivity index (χ0n) is 12.9. The Balaban J connectivity index is 1.88. The van der Waals surface area contributed by atoms with Gasteiger partial charge in [0.05, 0.1) is 10.9 Å². The molecule has 4 N–H and O–H groups in total. The van der Waals surface area contributed by atoms with Crippen molar-refractivity contribution in [3.05, 3.63) is 57.3 Å². The zero-order valence-corrected chi connectivity index (χ0v) is 13.7. The van der Waals surface area contributed by atoms with E-state index < -0.39 is 5.91 Å². The van der Waals surface area contributed by atoms with Crippen LogP contribution in [0.25, 0.3) is 0 Å². The highest BCUT2D eigenvalue weighted by molar-refractivity contribution is 7.14. The fourth-order valence-electron chi connectivity index (χ4n) is 2.07. The van der Waals surface area contributed by atoms with E-state index in [1.54, 1.807) is 17.6 Å². The van der Waals surface area contributed by atoms with Gasteiger partial charge < -0.3 is 10.6 Å². The summed E-state index contributed by atoms with van der Waals surface area (Å²) in [6.07, 6.45) is 0. The molecule has 1 aromatic heterocycles. The standard InChI is InChI=1S/C16H19N3O3S/c1-10-5-3-4-6-12(10)9-17-16(21)18-11(2)13-7-8-14(23-13)15(20)19-22/h3-8,11,22H,9H2,1-2H3,(H,19,20)(H2,17,18,21). The fraction of sp³-hybridized carbons (Fsp3) is 0.250. The van der Waals surface area contributed by atoms with Crippen LogP contribution in [-0.4, -0.2) is 17.1 Å². The number of rotatable bonds is 5. The summed E-state index contributed by atoms with van der Waals surface area (Å²) in [5, 5.41) is 14.2. The average molecular weight is 333 g/mol. The fourth-order valence-corrected chi connectivity index (χ4v) is 2.97. The van der Waals surface area contributed by atoms with Crippen molar-refractivity contribution in [2.75, 3.05) is 0 Å². The maximum atomic E-state index is 12.0. The minimum absolute atomic E-state index is 0.239. The van der Waals surface area contributed by atoms with Gasteiger partial charge in [-0.3, -0.25) is 10.0 Å². The summed E-state index contributed by atoms with van der Waals surface area (Å²) in [5.74, 6) is -0.558. The zero-order chi connectivity index (χ0) is 16.8. The van der Waals surface area contributed by atoms with Crippen molar-refractivity contribution in [2.24, 2.45) is 0 Å². The van der Waals surface area contributed by atoms with Gasteiger partial charge in [0.15, 0.2) is 0 Å². The predicted molar refractivity (Wildman–Crippen MR) is 88.5 cm³/mol. The molecule has 0 aliphatic rings. The Labute approximate surface area is 138 Å². The molecule has 0 aliphatic heterocycles. The van der Waals surface area contributed by atoms with Gasteiger partial charge in [0, 0.05) is 11.4 Å². The van der Waals surface area contributed by atoms with Crippen LogP contribution in [0, 0.1) is 6.92 Å². The summed E-state index contributed by atoms with van der Waals surface area (Å²) < 4.78 is 0. The third-order valence-corrected chi connectivity index (χ3v) is 4.69. The molecule has 1 aromatic carbocycles. The van der Waals surface area contributed by atoms with E-state index in [0.717, 1.165) is 16.0 Å². The lowest BCUT2D eigenvalue weighted by atomic mass is 10.1. The Morgan fingerprint density at radius 1 is 1.22 bits per heavy atom. The largest absolute Gasteiger partial charge is 0.334 e. The van der Waals surface area contributed by atoms with Crippen molar-refractivity contribution in [1.29, 1.82) is 0 Å². The number of hydrogen-bond acceptors (Lipinski definition) is 4. The van der Waals surface area contributed by atoms with Gasteiger partial charge in [-0.15, -0.1) is 11.3 Å². The molecule has 0 bridgehead atoms. The van der Waals surface area contributed by atoms with Crippen LogP contribution in [0.5, 0.6) is 0 Å². The first kappa shape index (κ1) is 17.0. The van der Waals surface area contributed by atoms with Gasteiger partial charge in [-0.25, -0.2) is 10.3 Å². The second-order valence-electron chi connectivity index (χ2n) is 5.12. The van der Waals surface area contributed by atoms with Gasteiger partial charge in [-0.1, -0.05) is 24.3 Å². The lowest BCUT2D eigenvalue weighted by Gasteiger charge is -2.14. The molecule has 0 aliphatic carbocycles. The van der Waals surface area contributed by atoms with Crippen molar-refractivity contribution in [3.63, 3.8) is 0 Å². The molecule has 1 unspecified atom stereocenters. The van der Waals surface area contributed by atoms with E-state index in [4.69, 9.17) is 5.21 Å². The number of hydroxylamine groups is 1. The Bertz CT molecular complexity index is 699. The number of urea groups is 1. The predicted octanol–water partition coefficient (Wildman–Crippen LogP) is 2.74. The Morgan fingerprint density at radius 3 is 2.65 bits per heavy atom. The van der Waals surface area contributed by atoms with Crippen molar-refractivity contribution in [2.45, 2.75) is 26.4 Å². The summed E-state index contributed by atoms with van der Waals surface area (Å²) in [6.45, 7) is 4.28. The third-order valence-electron chi connectivity index (χ3n) is 3.43. The number of nitrogens with one attached hydrogen (secondary N) is 3. The molecule has 2 rings (SSSR count). The van der Waals surface area contributed by atoms with Gasteiger partial charge in [0.2, 0.25) is 0 Å². The molecule has 0 saturated carbocycles. The summed E-state index contributed by atoms with van der Waals surface area (Å²) in [7, 11) is 0. The van der Waals surface area contributed by atoms with E-state index in [9.17, 15) is 9.59 Å². The summed E-state index contributed by atoms with van der Waals surface area (Å²) in [4.78, 5) is 24.5. The maximum Gasteiger partial charge on any atom is 0.315 e. The first-order valence-electron chi connectivity index (χ1n) is 7.14. The van der Waals surface area contributed by atoms with E-state index in [-0.39, 0.29) is 12.1 Å². The first-order valence-corrected chi connectivity index (χ1v) is 7.96. The van der Waals surface area contributed by atoms with Crippen LogP contribution >= 0.6 is 11.3 Å². The average Bonchev–Trinajstić information content (AvgIpc) is 3.03. The van der Waals surface area contributed by atoms with E-state index in [0.29, 0.717) is 11.4 Å². The molecule has 1 atom stereocenters. The number of carbonyl (C=O) groups is 2. The molecular weight excluding hydrogens is 314 g/mol. The van der Waals surface area contributed by atoms with E-state index >= 15 is 0 Å². The van der Waals surface area contributed by atoms with Crippen LogP contribution in [0.3, 0.4) is 0 Å². The molecule has 23 heavy (non-hydrogen) atoms. The molecule has 0 fully saturated rings. The molecule has 3 amide bonds. The van der Waals surface area contributed by atoms with E-state index in [1.165, 1.54) is 11.3 Å². The molecule has 7 heteroatoms. The van der Waals surface area contributed by atoms with Crippen molar-refractivity contribution >= 4 is 23.3 Å². The second kappa shape index (κ2) is 7.75. The normalized spacial score (nSPS) is 11.6. The molecule has 1 heterocycles. The van der Waals surface area contributed by atoms with Gasteiger partial charge in [0.1, 0.15) is 0 Å². The van der Waals surface area contributed by atoms with E-state index in [2.05, 4.69) is 10.6 Å². The maximum absolute atomic E-state index is 12.0. The van der Waals surface area contributed by atoms with Crippen LogP contribution in [0.15, 0.2) is 36.4 Å². The van der Waals surface area contributed by atoms with Crippen LogP contribution in [-0.2, 0) is 6.54 Å². The van der Waals surface area contributed by atoms with Crippen molar-refractivity contribution < 1.29 is 14.8 Å². The van der Waals surface area contributed by atoms with Crippen LogP contribution < -0.4 is 16.1 Å². The van der Waals surface area contributed by atoms with Crippen molar-refractivity contribution in [3.8, 4) is 0 Å². The van der Waals surface area contributed by atoms with Crippen LogP contribution in [0.4, 0.5) is 4.79 Å². The highest BCUT2D eigenvalue weighted by atomic mass is 32.1. The number of carbonyl (C=O) groups excluding carboxylic acids is 2. The molecule has 0 spiro atoms. The summed E-state index contributed by atoms with van der Waals surface area (Å²) >= 11 is 1.22. The Hall–Kier alpha value is -2.38. The van der Waals surface area contributed by atoms with Crippen LogP contribution in [0.1, 0.15) is 38.6 Å². The second-order valence-corrected chi connectivity index (χ2v) is 6.23. The number of aryl methyl sites for hydroxylation is 1. The summed E-state index contributed by atoms with van der Waals surface area (Å²) in [5.41, 5.74) is 3.78. The number of thiophene rings is 1. The highest BCUT2D eigenvalue weighted by Crippen LogP contribution is 2.23. The van der Waals surface area contributed by atoms with Crippen molar-refractivity contribution in [1.82, 2.24) is 16.1 Å². The van der Waals surface area contributed by atoms with Gasteiger partial charge in [-0.2, -0.15) is 0 Å². The Morgan fingerprint density at radius 2 is 1.96 bits per heavy atom. The minimum Gasteiger partial charge on any atom is -0.334 e. The quantitative estimate of drug-likeness (QED) is 0.501. The number of amides is 3. The first-order chi connectivity index (χ1) is 11.0. The minimum atomic E-state index is -0.558. The SMILES string of the molecule is Cc1ccccc1CNC(=O)NC(C)c1ccc(C(=O)NO)s1. The lowest BCUT2D eigenvalue weighted by Crippen LogP contribution is -2.36. The third kappa shape index (κ3) is 4.54. The molecule has 6 nitrogen and oxygen atoms in total. The number of hydrogen-bond donors (Lipinski definition) is 4. The smallest absolute Gasteiger partial charge is 0.315 e. The molecule has 2 aromatic rings. The molecule has 0 radical (unpaired) electrons. The van der Waals surface area contributed by atoms with Gasteiger partial charge >= 0.3 is 6.03 Å². The van der Waals surface area contributed by atoms with Gasteiger partial charge in [0.25, 0.3) is 5.91 Å². The van der Waals surface area contributed by atoms with E-state index in [1.807, 2.05) is 38.1 Å². The topological polar surface area (TPSA) is 90.5 Å². The Kier molecular flexibility index (Phi) is 5.72. The summed E-state index contributed by atoms with van der Waals surface area (Å²) in [6, 6.07) is 10.7. The molecule has 0 saturated heterocycles. The van der Waals surface area contributed by atoms with Gasteiger partial charge in [-0.05, 0) is 37.1 Å². The lowest BCUT2D eigenvalue weighted by molar-refractivity contribution is 0.0711. The number of benzene rings is 1.